The standard InChI is InChI=1S/C32H31FN4O3S/c1-36(2)19-20-37(41(39,40)22-23-9-5-3-6-10-23)27-16-14-26(15-17-27)34-31(24-11-7-4-8-12-24)30-28-18-13-25(33)21-29(28)35-32(30)38/h3-18,21,30H,19-20,22H2,1-2H3,(H,35,38). The highest BCUT2D eigenvalue weighted by atomic mass is 32.2. The minimum Gasteiger partial charge on any atom is -0.325 e. The molecule has 1 aliphatic rings. The SMILES string of the molecule is CN(C)CCN(c1ccc(N=C(c2ccccc2)C2C(=O)Nc3cc(F)ccc32)cc1)S(=O)(=O)Cc1ccccc1. The van der Waals surface area contributed by atoms with Crippen LogP contribution in [0.5, 0.6) is 0 Å². The number of likely N-dealkylation sites (N-methyl/N-ethyl adjacent to an activating group) is 1. The molecule has 0 bridgehead atoms. The van der Waals surface area contributed by atoms with Crippen LogP contribution in [0.3, 0.4) is 0 Å². The maximum Gasteiger partial charge on any atom is 0.239 e. The van der Waals surface area contributed by atoms with E-state index in [1.54, 1.807) is 42.5 Å². The van der Waals surface area contributed by atoms with E-state index < -0.39 is 21.8 Å². The smallest absolute Gasteiger partial charge is 0.239 e. The number of hydrogen-bond donors (Lipinski definition) is 1. The Morgan fingerprint density at radius 1 is 0.878 bits per heavy atom. The Morgan fingerprint density at radius 2 is 1.54 bits per heavy atom. The summed E-state index contributed by atoms with van der Waals surface area (Å²) >= 11 is 0. The summed E-state index contributed by atoms with van der Waals surface area (Å²) in [5.41, 5.74) is 4.16. The minimum atomic E-state index is -3.67. The van der Waals surface area contributed by atoms with E-state index in [4.69, 9.17) is 4.99 Å². The average Bonchev–Trinajstić information content (AvgIpc) is 3.27. The van der Waals surface area contributed by atoms with Crippen LogP contribution in [0.2, 0.25) is 0 Å². The number of hydrogen-bond acceptors (Lipinski definition) is 5. The first kappa shape index (κ1) is 28.2. The second kappa shape index (κ2) is 12.0. The van der Waals surface area contributed by atoms with Crippen LogP contribution in [-0.2, 0) is 20.6 Å². The molecule has 1 heterocycles. The highest BCUT2D eigenvalue weighted by Gasteiger charge is 2.35. The van der Waals surface area contributed by atoms with Gasteiger partial charge in [-0.1, -0.05) is 66.7 Å². The van der Waals surface area contributed by atoms with Crippen molar-refractivity contribution >= 4 is 38.7 Å². The molecule has 0 aliphatic carbocycles. The maximum atomic E-state index is 13.9. The summed E-state index contributed by atoms with van der Waals surface area (Å²) in [5, 5.41) is 2.77. The lowest BCUT2D eigenvalue weighted by atomic mass is 9.90. The number of sulfonamides is 1. The summed E-state index contributed by atoms with van der Waals surface area (Å²) in [5.74, 6) is -1.56. The fourth-order valence-corrected chi connectivity index (χ4v) is 6.40. The highest BCUT2D eigenvalue weighted by molar-refractivity contribution is 7.92. The van der Waals surface area contributed by atoms with E-state index in [0.717, 1.165) is 5.56 Å². The van der Waals surface area contributed by atoms with Crippen LogP contribution in [0.1, 0.15) is 22.6 Å². The molecule has 7 nitrogen and oxygen atoms in total. The molecule has 1 N–H and O–H groups in total. The number of halogens is 1. The van der Waals surface area contributed by atoms with Crippen LogP contribution in [0.25, 0.3) is 0 Å². The van der Waals surface area contributed by atoms with Gasteiger partial charge in [0.1, 0.15) is 11.7 Å². The summed E-state index contributed by atoms with van der Waals surface area (Å²) in [7, 11) is 0.126. The van der Waals surface area contributed by atoms with Crippen molar-refractivity contribution in [3.8, 4) is 0 Å². The zero-order chi connectivity index (χ0) is 29.0. The second-order valence-corrected chi connectivity index (χ2v) is 12.0. The zero-order valence-electron chi connectivity index (χ0n) is 22.9. The lowest BCUT2D eigenvalue weighted by molar-refractivity contribution is -0.115. The van der Waals surface area contributed by atoms with E-state index in [9.17, 15) is 17.6 Å². The van der Waals surface area contributed by atoms with Gasteiger partial charge in [-0.15, -0.1) is 0 Å². The Kier molecular flexibility index (Phi) is 8.28. The van der Waals surface area contributed by atoms with Gasteiger partial charge in [0.05, 0.1) is 22.8 Å². The normalized spacial score (nSPS) is 15.1. The van der Waals surface area contributed by atoms with Crippen molar-refractivity contribution in [3.63, 3.8) is 0 Å². The predicted molar refractivity (Wildman–Crippen MR) is 162 cm³/mol. The van der Waals surface area contributed by atoms with Crippen LogP contribution in [0.4, 0.5) is 21.5 Å². The molecule has 41 heavy (non-hydrogen) atoms. The fraction of sp³-hybridized carbons (Fsp3) is 0.188. The largest absolute Gasteiger partial charge is 0.325 e. The third-order valence-corrected chi connectivity index (χ3v) is 8.62. The number of carbonyl (C=O) groups excluding carboxylic acids is 1. The van der Waals surface area contributed by atoms with Gasteiger partial charge >= 0.3 is 0 Å². The molecule has 0 aromatic heterocycles. The van der Waals surface area contributed by atoms with Crippen LogP contribution in [0.15, 0.2) is 108 Å². The molecule has 1 unspecified atom stereocenters. The maximum absolute atomic E-state index is 13.9. The first-order valence-electron chi connectivity index (χ1n) is 13.2. The molecule has 1 atom stereocenters. The van der Waals surface area contributed by atoms with E-state index in [0.29, 0.717) is 40.4 Å². The molecule has 0 spiro atoms. The zero-order valence-corrected chi connectivity index (χ0v) is 23.7. The highest BCUT2D eigenvalue weighted by Crippen LogP contribution is 2.37. The first-order chi connectivity index (χ1) is 19.7. The summed E-state index contributed by atoms with van der Waals surface area (Å²) in [6.07, 6.45) is 0. The van der Waals surface area contributed by atoms with Crippen molar-refractivity contribution in [2.75, 3.05) is 36.8 Å². The number of anilines is 2. The molecular formula is C32H31FN4O3S. The van der Waals surface area contributed by atoms with Gasteiger partial charge in [-0.25, -0.2) is 12.8 Å². The van der Waals surface area contributed by atoms with Gasteiger partial charge in [0, 0.05) is 18.8 Å². The third kappa shape index (κ3) is 6.53. The van der Waals surface area contributed by atoms with Crippen LogP contribution >= 0.6 is 0 Å². The molecule has 9 heteroatoms. The molecule has 5 rings (SSSR count). The van der Waals surface area contributed by atoms with E-state index in [2.05, 4.69) is 5.32 Å². The molecule has 210 valence electrons. The number of nitrogens with zero attached hydrogens (tertiary/aromatic N) is 3. The number of fused-ring (bicyclic) bond motifs is 1. The molecule has 0 radical (unpaired) electrons. The van der Waals surface area contributed by atoms with Crippen molar-refractivity contribution in [1.82, 2.24) is 4.90 Å². The predicted octanol–water partition coefficient (Wildman–Crippen LogP) is 5.58. The minimum absolute atomic E-state index is 0.115. The lowest BCUT2D eigenvalue weighted by Crippen LogP contribution is -2.37. The summed E-state index contributed by atoms with van der Waals surface area (Å²) in [6, 6.07) is 29.7. The Balaban J connectivity index is 1.50. The van der Waals surface area contributed by atoms with Gasteiger partial charge in [0.15, 0.2) is 0 Å². The number of rotatable bonds is 10. The van der Waals surface area contributed by atoms with Crippen molar-refractivity contribution in [3.05, 3.63) is 126 Å². The van der Waals surface area contributed by atoms with E-state index in [1.807, 2.05) is 67.5 Å². The number of aliphatic imine (C=N–C) groups is 1. The molecule has 1 aliphatic heterocycles. The average molecular weight is 571 g/mol. The summed E-state index contributed by atoms with van der Waals surface area (Å²) in [6.45, 7) is 0.832. The number of carbonyl (C=O) groups is 1. The van der Waals surface area contributed by atoms with Crippen LogP contribution < -0.4 is 9.62 Å². The Hall–Kier alpha value is -4.34. The van der Waals surface area contributed by atoms with Gasteiger partial charge in [-0.2, -0.15) is 0 Å². The summed E-state index contributed by atoms with van der Waals surface area (Å²) in [4.78, 5) is 19.9. The van der Waals surface area contributed by atoms with Gasteiger partial charge in [-0.3, -0.25) is 14.1 Å². The third-order valence-electron chi connectivity index (χ3n) is 6.85. The molecule has 0 saturated carbocycles. The van der Waals surface area contributed by atoms with Gasteiger partial charge < -0.3 is 10.2 Å². The van der Waals surface area contributed by atoms with Crippen molar-refractivity contribution < 1.29 is 17.6 Å². The Morgan fingerprint density at radius 3 is 2.20 bits per heavy atom. The topological polar surface area (TPSA) is 82.1 Å². The number of benzene rings is 4. The van der Waals surface area contributed by atoms with Crippen molar-refractivity contribution in [2.24, 2.45) is 4.99 Å². The van der Waals surface area contributed by atoms with Crippen molar-refractivity contribution in [1.29, 1.82) is 0 Å². The van der Waals surface area contributed by atoms with Gasteiger partial charge in [0.25, 0.3) is 0 Å². The number of nitrogens with one attached hydrogen (secondary N) is 1. The molecule has 1 amide bonds. The monoisotopic (exact) mass is 570 g/mol. The second-order valence-electron chi connectivity index (χ2n) is 10.2. The van der Waals surface area contributed by atoms with Gasteiger partial charge in [-0.05, 0) is 67.2 Å². The molecule has 4 aromatic rings. The van der Waals surface area contributed by atoms with Crippen LogP contribution in [-0.4, -0.2) is 52.1 Å². The van der Waals surface area contributed by atoms with Crippen LogP contribution in [0, 0.1) is 5.82 Å². The van der Waals surface area contributed by atoms with E-state index >= 15 is 0 Å². The summed E-state index contributed by atoms with van der Waals surface area (Å²) < 4.78 is 42.3. The first-order valence-corrected chi connectivity index (χ1v) is 14.9. The molecule has 0 saturated heterocycles. The molecule has 4 aromatic carbocycles. The number of amides is 1. The Labute approximate surface area is 240 Å². The Bertz CT molecular complexity index is 1660. The molecular weight excluding hydrogens is 539 g/mol. The van der Waals surface area contributed by atoms with Crippen molar-refractivity contribution in [2.45, 2.75) is 11.7 Å². The quantitative estimate of drug-likeness (QED) is 0.253. The van der Waals surface area contributed by atoms with Gasteiger partial charge in [0.2, 0.25) is 15.9 Å². The van der Waals surface area contributed by atoms with E-state index in [1.165, 1.54) is 16.4 Å². The fourth-order valence-electron chi connectivity index (χ4n) is 4.83. The lowest BCUT2D eigenvalue weighted by Gasteiger charge is -2.26. The molecule has 0 fully saturated rings. The van der Waals surface area contributed by atoms with E-state index in [-0.39, 0.29) is 18.2 Å².